The van der Waals surface area contributed by atoms with Crippen LogP contribution in [0.1, 0.15) is 0 Å². The number of hydrogen-bond donors (Lipinski definition) is 1. The highest BCUT2D eigenvalue weighted by atomic mass is 19.1. The number of nitro groups is 1. The van der Waals surface area contributed by atoms with E-state index in [1.807, 2.05) is 0 Å². The molecule has 0 fully saturated rings. The van der Waals surface area contributed by atoms with Gasteiger partial charge in [-0.25, -0.2) is 0 Å². The van der Waals surface area contributed by atoms with E-state index in [1.165, 1.54) is 13.2 Å². The average Bonchev–Trinajstić information content (AvgIpc) is 2.66. The molecule has 2 aromatic rings. The summed E-state index contributed by atoms with van der Waals surface area (Å²) in [6.07, 6.45) is 0. The van der Waals surface area contributed by atoms with Crippen LogP contribution in [0.15, 0.2) is 36.4 Å². The van der Waals surface area contributed by atoms with Gasteiger partial charge in [-0.3, -0.25) is 14.9 Å². The average molecular weight is 394 g/mol. The molecule has 1 amide bonds. The lowest BCUT2D eigenvalue weighted by atomic mass is 10.2. The van der Waals surface area contributed by atoms with Gasteiger partial charge in [0.2, 0.25) is 5.82 Å². The summed E-state index contributed by atoms with van der Waals surface area (Å²) in [5, 5.41) is 13.2. The van der Waals surface area contributed by atoms with Crippen LogP contribution in [-0.2, 0) is 9.53 Å². The largest absolute Gasteiger partial charge is 0.493 e. The third kappa shape index (κ3) is 5.81. The summed E-state index contributed by atoms with van der Waals surface area (Å²) in [5.74, 6) is -0.637. The molecule has 0 atom stereocenters. The number of nitrogens with one attached hydrogen (secondary N) is 1. The normalized spacial score (nSPS) is 10.2. The van der Waals surface area contributed by atoms with Gasteiger partial charge in [0.25, 0.3) is 5.91 Å². The molecule has 0 radical (unpaired) electrons. The lowest BCUT2D eigenvalue weighted by Crippen LogP contribution is -2.20. The fourth-order valence-electron chi connectivity index (χ4n) is 2.17. The van der Waals surface area contributed by atoms with Crippen LogP contribution in [0, 0.1) is 15.9 Å². The minimum Gasteiger partial charge on any atom is -0.493 e. The van der Waals surface area contributed by atoms with Crippen LogP contribution in [0.25, 0.3) is 0 Å². The number of ether oxygens (including phenoxy) is 4. The van der Waals surface area contributed by atoms with Gasteiger partial charge in [0.05, 0.1) is 18.6 Å². The van der Waals surface area contributed by atoms with Gasteiger partial charge in [-0.05, 0) is 18.2 Å². The monoisotopic (exact) mass is 394 g/mol. The molecular weight excluding hydrogens is 375 g/mol. The van der Waals surface area contributed by atoms with Crippen molar-refractivity contribution in [2.75, 3.05) is 39.4 Å². The number of benzene rings is 2. The van der Waals surface area contributed by atoms with E-state index in [4.69, 9.17) is 18.9 Å². The zero-order valence-corrected chi connectivity index (χ0v) is 15.3. The van der Waals surface area contributed by atoms with Crippen LogP contribution >= 0.6 is 0 Å². The van der Waals surface area contributed by atoms with E-state index in [-0.39, 0.29) is 5.75 Å². The molecule has 0 heterocycles. The smallest absolute Gasteiger partial charge is 0.305 e. The van der Waals surface area contributed by atoms with Crippen molar-refractivity contribution in [3.63, 3.8) is 0 Å². The third-order valence-corrected chi connectivity index (χ3v) is 3.48. The highest BCUT2D eigenvalue weighted by Gasteiger charge is 2.15. The molecule has 0 aliphatic carbocycles. The molecule has 10 heteroatoms. The van der Waals surface area contributed by atoms with Crippen molar-refractivity contribution in [3.8, 4) is 17.2 Å². The number of anilines is 1. The molecule has 1 N–H and O–H groups in total. The molecule has 2 rings (SSSR count). The van der Waals surface area contributed by atoms with Crippen LogP contribution in [-0.4, -0.2) is 44.9 Å². The Labute approximate surface area is 160 Å². The van der Waals surface area contributed by atoms with Crippen molar-refractivity contribution >= 4 is 17.3 Å². The Hall–Kier alpha value is -3.40. The molecule has 0 aromatic heterocycles. The third-order valence-electron chi connectivity index (χ3n) is 3.48. The van der Waals surface area contributed by atoms with Crippen molar-refractivity contribution in [1.29, 1.82) is 0 Å². The molecule has 150 valence electrons. The van der Waals surface area contributed by atoms with Gasteiger partial charge >= 0.3 is 5.69 Å². The van der Waals surface area contributed by atoms with Crippen LogP contribution in [0.5, 0.6) is 17.2 Å². The standard InChI is InChI=1S/C18H19FN2O7/c1-25-7-8-27-17-9-12(3-6-16(17)26-2)20-18(22)11-28-13-4-5-15(21(23)24)14(19)10-13/h3-6,9-10H,7-8,11H2,1-2H3,(H,20,22). The number of rotatable bonds is 10. The number of nitrogens with zero attached hydrogens (tertiary/aromatic N) is 1. The minimum atomic E-state index is -1.05. The summed E-state index contributed by atoms with van der Waals surface area (Å²) in [6.45, 7) is 0.279. The Kier molecular flexibility index (Phi) is 7.52. The number of amides is 1. The van der Waals surface area contributed by atoms with Crippen LogP contribution in [0.2, 0.25) is 0 Å². The van der Waals surface area contributed by atoms with Crippen molar-refractivity contribution in [1.82, 2.24) is 0 Å². The maximum Gasteiger partial charge on any atom is 0.305 e. The summed E-state index contributed by atoms with van der Waals surface area (Å²) < 4.78 is 34.4. The summed E-state index contributed by atoms with van der Waals surface area (Å²) in [6, 6.07) is 7.85. The Morgan fingerprint density at radius 1 is 1.11 bits per heavy atom. The van der Waals surface area contributed by atoms with Gasteiger partial charge < -0.3 is 24.3 Å². The predicted octanol–water partition coefficient (Wildman–Crippen LogP) is 2.79. The second kappa shape index (κ2) is 10.1. The van der Waals surface area contributed by atoms with Gasteiger partial charge in [-0.2, -0.15) is 4.39 Å². The Bertz CT molecular complexity index is 845. The van der Waals surface area contributed by atoms with Crippen molar-refractivity contribution < 1.29 is 33.1 Å². The predicted molar refractivity (Wildman–Crippen MR) is 97.5 cm³/mol. The minimum absolute atomic E-state index is 0.00318. The first-order valence-corrected chi connectivity index (χ1v) is 8.11. The first-order chi connectivity index (χ1) is 13.4. The van der Waals surface area contributed by atoms with E-state index in [0.29, 0.717) is 30.4 Å². The number of hydrogen-bond acceptors (Lipinski definition) is 7. The molecule has 0 saturated heterocycles. The lowest BCUT2D eigenvalue weighted by molar-refractivity contribution is -0.387. The molecular formula is C18H19FN2O7. The molecule has 0 aliphatic heterocycles. The quantitative estimate of drug-likeness (QED) is 0.375. The van der Waals surface area contributed by atoms with Gasteiger partial charge in [0, 0.05) is 31.0 Å². The van der Waals surface area contributed by atoms with Crippen molar-refractivity contribution in [3.05, 3.63) is 52.3 Å². The molecule has 0 bridgehead atoms. The van der Waals surface area contributed by atoms with E-state index >= 15 is 0 Å². The number of carbonyl (C=O) groups excluding carboxylic acids is 1. The highest BCUT2D eigenvalue weighted by molar-refractivity contribution is 5.92. The molecule has 0 saturated carbocycles. The van der Waals surface area contributed by atoms with Crippen molar-refractivity contribution in [2.45, 2.75) is 0 Å². The van der Waals surface area contributed by atoms with Crippen molar-refractivity contribution in [2.24, 2.45) is 0 Å². The topological polar surface area (TPSA) is 109 Å². The van der Waals surface area contributed by atoms with Gasteiger partial charge in [0.1, 0.15) is 12.4 Å². The lowest BCUT2D eigenvalue weighted by Gasteiger charge is -2.13. The van der Waals surface area contributed by atoms with E-state index < -0.39 is 28.9 Å². The van der Waals surface area contributed by atoms with E-state index in [9.17, 15) is 19.3 Å². The summed E-state index contributed by atoms with van der Waals surface area (Å²) in [5.41, 5.74) is -0.229. The number of methoxy groups -OCH3 is 2. The van der Waals surface area contributed by atoms with Crippen LogP contribution in [0.4, 0.5) is 15.8 Å². The zero-order valence-electron chi connectivity index (χ0n) is 15.3. The zero-order chi connectivity index (χ0) is 20.5. The van der Waals surface area contributed by atoms with Gasteiger partial charge in [-0.1, -0.05) is 0 Å². The maximum atomic E-state index is 13.6. The summed E-state index contributed by atoms with van der Waals surface area (Å²) in [7, 11) is 3.04. The Balaban J connectivity index is 1.96. The second-order valence-corrected chi connectivity index (χ2v) is 5.41. The fourth-order valence-corrected chi connectivity index (χ4v) is 2.17. The van der Waals surface area contributed by atoms with E-state index in [2.05, 4.69) is 5.32 Å². The van der Waals surface area contributed by atoms with E-state index in [0.717, 1.165) is 12.1 Å². The second-order valence-electron chi connectivity index (χ2n) is 5.41. The molecule has 2 aromatic carbocycles. The molecule has 28 heavy (non-hydrogen) atoms. The highest BCUT2D eigenvalue weighted by Crippen LogP contribution is 2.30. The molecule has 0 unspecified atom stereocenters. The van der Waals surface area contributed by atoms with Gasteiger partial charge in [-0.15, -0.1) is 0 Å². The SMILES string of the molecule is COCCOc1cc(NC(=O)COc2ccc([N+](=O)[O-])c(F)c2)ccc1OC. The van der Waals surface area contributed by atoms with E-state index in [1.54, 1.807) is 25.3 Å². The Morgan fingerprint density at radius 3 is 2.54 bits per heavy atom. The number of halogens is 1. The fraction of sp³-hybridized carbons (Fsp3) is 0.278. The first kappa shape index (κ1) is 20.9. The molecule has 0 aliphatic rings. The number of carbonyl (C=O) groups is 1. The summed E-state index contributed by atoms with van der Waals surface area (Å²) >= 11 is 0. The molecule has 0 spiro atoms. The van der Waals surface area contributed by atoms with Crippen LogP contribution in [0.3, 0.4) is 0 Å². The first-order valence-electron chi connectivity index (χ1n) is 8.11. The maximum absolute atomic E-state index is 13.6. The number of nitro benzene ring substituents is 1. The molecule has 9 nitrogen and oxygen atoms in total. The van der Waals surface area contributed by atoms with Crippen LogP contribution < -0.4 is 19.5 Å². The summed E-state index contributed by atoms with van der Waals surface area (Å²) in [4.78, 5) is 21.8. The van der Waals surface area contributed by atoms with Gasteiger partial charge in [0.15, 0.2) is 18.1 Å². The Morgan fingerprint density at radius 2 is 1.89 bits per heavy atom.